The van der Waals surface area contributed by atoms with Gasteiger partial charge in [-0.15, -0.1) is 0 Å². The van der Waals surface area contributed by atoms with Crippen LogP contribution in [0.15, 0.2) is 48.8 Å². The van der Waals surface area contributed by atoms with Crippen LogP contribution in [-0.4, -0.2) is 27.5 Å². The molecule has 0 bridgehead atoms. The molecule has 30 heavy (non-hydrogen) atoms. The van der Waals surface area contributed by atoms with Gasteiger partial charge in [-0.3, -0.25) is 10.1 Å². The van der Waals surface area contributed by atoms with E-state index in [0.717, 1.165) is 0 Å². The van der Waals surface area contributed by atoms with Gasteiger partial charge in [0.05, 0.1) is 22.8 Å². The van der Waals surface area contributed by atoms with Gasteiger partial charge in [0.2, 0.25) is 11.6 Å². The fourth-order valence-corrected chi connectivity index (χ4v) is 2.89. The van der Waals surface area contributed by atoms with E-state index in [9.17, 15) is 14.9 Å². The summed E-state index contributed by atoms with van der Waals surface area (Å²) in [5, 5.41) is 18.1. The molecule has 0 unspecified atom stereocenters. The Kier molecular flexibility index (Phi) is 6.43. The van der Waals surface area contributed by atoms with Gasteiger partial charge >= 0.3 is 11.7 Å². The summed E-state index contributed by atoms with van der Waals surface area (Å²) in [6.45, 7) is 3.68. The monoisotopic (exact) mass is 427 g/mol. The largest absolute Gasteiger partial charge is 0.462 e. The molecule has 9 nitrogen and oxygen atoms in total. The van der Waals surface area contributed by atoms with Crippen molar-refractivity contribution in [3.05, 3.63) is 75.1 Å². The molecule has 154 valence electrons. The summed E-state index contributed by atoms with van der Waals surface area (Å²) in [6.07, 6.45) is 1.19. The summed E-state index contributed by atoms with van der Waals surface area (Å²) < 4.78 is 5.04. The second-order valence-corrected chi connectivity index (χ2v) is 6.51. The fraction of sp³-hybridized carbons (Fsp3) is 0.150. The normalized spacial score (nSPS) is 10.4. The highest BCUT2D eigenvalue weighted by atomic mass is 35.5. The fourth-order valence-electron chi connectivity index (χ4n) is 2.71. The van der Waals surface area contributed by atoms with E-state index in [4.69, 9.17) is 16.3 Å². The highest BCUT2D eigenvalue weighted by molar-refractivity contribution is 6.31. The Morgan fingerprint density at radius 3 is 2.40 bits per heavy atom. The molecule has 0 fully saturated rings. The Balaban J connectivity index is 2.02. The zero-order chi connectivity index (χ0) is 21.7. The molecule has 0 aliphatic rings. The van der Waals surface area contributed by atoms with Gasteiger partial charge in [-0.2, -0.15) is 0 Å². The molecule has 2 N–H and O–H groups in total. The highest BCUT2D eigenvalue weighted by Crippen LogP contribution is 2.35. The first kappa shape index (κ1) is 21.0. The van der Waals surface area contributed by atoms with E-state index >= 15 is 0 Å². The topological polar surface area (TPSA) is 119 Å². The third-order valence-corrected chi connectivity index (χ3v) is 4.61. The number of hydrogen-bond acceptors (Lipinski definition) is 8. The minimum Gasteiger partial charge on any atom is -0.462 e. The third kappa shape index (κ3) is 4.47. The van der Waals surface area contributed by atoms with Crippen molar-refractivity contribution in [1.82, 2.24) is 9.97 Å². The summed E-state index contributed by atoms with van der Waals surface area (Å²) >= 11 is 6.13. The smallest absolute Gasteiger partial charge is 0.353 e. The Hall–Kier alpha value is -3.72. The summed E-state index contributed by atoms with van der Waals surface area (Å²) in [5.41, 5.74) is 1.46. The van der Waals surface area contributed by atoms with Crippen LogP contribution in [-0.2, 0) is 4.74 Å². The molecule has 2 aromatic carbocycles. The zero-order valence-electron chi connectivity index (χ0n) is 16.2. The molecule has 10 heteroatoms. The summed E-state index contributed by atoms with van der Waals surface area (Å²) in [6, 6.07) is 11.7. The van der Waals surface area contributed by atoms with Crippen molar-refractivity contribution in [3.63, 3.8) is 0 Å². The number of esters is 1. The van der Waals surface area contributed by atoms with E-state index in [1.165, 1.54) is 6.33 Å². The predicted molar refractivity (Wildman–Crippen MR) is 114 cm³/mol. The number of aromatic nitrogens is 2. The molecule has 0 atom stereocenters. The van der Waals surface area contributed by atoms with E-state index in [1.54, 1.807) is 56.3 Å². The standard InChI is InChI=1S/C20H18ClN5O4/c1-3-30-20(27)13-7-4-5-9-16(13)25-19-17(26(28)29)18(22-11-23-19)24-15-10-6-8-14(21)12(15)2/h4-11H,3H2,1-2H3,(H2,22,23,24,25). The van der Waals surface area contributed by atoms with E-state index in [1.807, 2.05) is 0 Å². The number of benzene rings is 2. The molecule has 0 spiro atoms. The molecule has 0 saturated carbocycles. The van der Waals surface area contributed by atoms with Crippen molar-refractivity contribution >= 4 is 46.3 Å². The maximum atomic E-state index is 12.2. The minimum atomic E-state index is -0.600. The van der Waals surface area contributed by atoms with Gasteiger partial charge in [0.15, 0.2) is 0 Å². The molecule has 0 amide bonds. The molecule has 0 radical (unpaired) electrons. The van der Waals surface area contributed by atoms with Crippen LogP contribution < -0.4 is 10.6 Å². The first-order valence-corrected chi connectivity index (χ1v) is 9.34. The van der Waals surface area contributed by atoms with Gasteiger partial charge < -0.3 is 15.4 Å². The molecule has 3 aromatic rings. The lowest BCUT2D eigenvalue weighted by Crippen LogP contribution is -2.10. The van der Waals surface area contributed by atoms with Crippen molar-refractivity contribution < 1.29 is 14.5 Å². The Morgan fingerprint density at radius 2 is 1.73 bits per heavy atom. The van der Waals surface area contributed by atoms with Crippen LogP contribution >= 0.6 is 11.6 Å². The first-order chi connectivity index (χ1) is 14.4. The number of carbonyl (C=O) groups excluding carboxylic acids is 1. The lowest BCUT2D eigenvalue weighted by molar-refractivity contribution is -0.383. The number of rotatable bonds is 7. The highest BCUT2D eigenvalue weighted by Gasteiger charge is 2.25. The first-order valence-electron chi connectivity index (χ1n) is 8.97. The van der Waals surface area contributed by atoms with E-state index in [0.29, 0.717) is 22.0 Å². The van der Waals surface area contributed by atoms with Crippen LogP contribution in [0.3, 0.4) is 0 Å². The number of nitro groups is 1. The summed E-state index contributed by atoms with van der Waals surface area (Å²) in [5.74, 6) is -0.643. The average molecular weight is 428 g/mol. The van der Waals surface area contributed by atoms with Gasteiger partial charge in [-0.05, 0) is 43.7 Å². The van der Waals surface area contributed by atoms with Gasteiger partial charge in [0.25, 0.3) is 0 Å². The summed E-state index contributed by atoms with van der Waals surface area (Å²) in [4.78, 5) is 31.4. The number of anilines is 4. The maximum Gasteiger partial charge on any atom is 0.353 e. The van der Waals surface area contributed by atoms with E-state index in [-0.39, 0.29) is 29.5 Å². The SMILES string of the molecule is CCOC(=O)c1ccccc1Nc1ncnc(Nc2cccc(Cl)c2C)c1[N+](=O)[O-]. The molecule has 0 aliphatic heterocycles. The number of para-hydroxylation sites is 1. The number of nitrogens with one attached hydrogen (secondary N) is 2. The van der Waals surface area contributed by atoms with Crippen molar-refractivity contribution in [1.29, 1.82) is 0 Å². The van der Waals surface area contributed by atoms with Gasteiger partial charge in [0, 0.05) is 10.7 Å². The number of nitrogens with zero attached hydrogens (tertiary/aromatic N) is 3. The van der Waals surface area contributed by atoms with Gasteiger partial charge in [-0.1, -0.05) is 29.8 Å². The second-order valence-electron chi connectivity index (χ2n) is 6.11. The minimum absolute atomic E-state index is 0.0171. The van der Waals surface area contributed by atoms with Gasteiger partial charge in [-0.25, -0.2) is 14.8 Å². The quantitative estimate of drug-likeness (QED) is 0.306. The summed E-state index contributed by atoms with van der Waals surface area (Å²) in [7, 11) is 0. The van der Waals surface area contributed by atoms with Gasteiger partial charge in [0.1, 0.15) is 6.33 Å². The van der Waals surface area contributed by atoms with E-state index in [2.05, 4.69) is 20.6 Å². The van der Waals surface area contributed by atoms with Crippen LogP contribution in [0.4, 0.5) is 28.7 Å². The third-order valence-electron chi connectivity index (χ3n) is 4.20. The van der Waals surface area contributed by atoms with Crippen molar-refractivity contribution in [2.45, 2.75) is 13.8 Å². The lowest BCUT2D eigenvalue weighted by atomic mass is 10.1. The second kappa shape index (κ2) is 9.19. The number of halogens is 1. The Labute approximate surface area is 177 Å². The molecule has 1 heterocycles. The molecule has 1 aromatic heterocycles. The molecule has 3 rings (SSSR count). The Morgan fingerprint density at radius 1 is 1.10 bits per heavy atom. The van der Waals surface area contributed by atoms with Crippen LogP contribution in [0.5, 0.6) is 0 Å². The molecular formula is C20H18ClN5O4. The molecule has 0 aliphatic carbocycles. The maximum absolute atomic E-state index is 12.2. The van der Waals surface area contributed by atoms with Crippen LogP contribution in [0, 0.1) is 17.0 Å². The average Bonchev–Trinajstić information content (AvgIpc) is 2.72. The predicted octanol–water partition coefficient (Wildman–Crippen LogP) is 5.01. The van der Waals surface area contributed by atoms with E-state index < -0.39 is 10.9 Å². The van der Waals surface area contributed by atoms with Crippen molar-refractivity contribution in [2.75, 3.05) is 17.2 Å². The zero-order valence-corrected chi connectivity index (χ0v) is 16.9. The van der Waals surface area contributed by atoms with Crippen LogP contribution in [0.1, 0.15) is 22.8 Å². The number of hydrogen-bond donors (Lipinski definition) is 2. The molecule has 0 saturated heterocycles. The van der Waals surface area contributed by atoms with Crippen molar-refractivity contribution in [3.8, 4) is 0 Å². The lowest BCUT2D eigenvalue weighted by Gasteiger charge is -2.13. The Bertz CT molecular complexity index is 1110. The number of ether oxygens (including phenoxy) is 1. The van der Waals surface area contributed by atoms with Crippen LogP contribution in [0.25, 0.3) is 0 Å². The van der Waals surface area contributed by atoms with Crippen LogP contribution in [0.2, 0.25) is 5.02 Å². The van der Waals surface area contributed by atoms with Crippen molar-refractivity contribution in [2.24, 2.45) is 0 Å². The number of carbonyl (C=O) groups is 1. The molecular weight excluding hydrogens is 410 g/mol.